The number of hydrogen-bond acceptors (Lipinski definition) is 8. The molecule has 314 valence electrons. The van der Waals surface area contributed by atoms with E-state index in [9.17, 15) is 25.2 Å². The molecule has 9 heteroatoms. The summed E-state index contributed by atoms with van der Waals surface area (Å²) in [7, 11) is 0. The van der Waals surface area contributed by atoms with Crippen molar-refractivity contribution >= 4 is 5.78 Å². The molecule has 2 saturated heterocycles. The van der Waals surface area contributed by atoms with Crippen molar-refractivity contribution in [3.63, 3.8) is 0 Å². The van der Waals surface area contributed by atoms with Crippen LogP contribution in [-0.4, -0.2) is 87.2 Å². The van der Waals surface area contributed by atoms with E-state index in [0.29, 0.717) is 44.1 Å². The molecular formula is C46H79N2O7+. The number of fused-ring (bicyclic) bond motifs is 6. The minimum Gasteiger partial charge on any atom is -0.390 e. The second-order valence-corrected chi connectivity index (χ2v) is 20.6. The quantitative estimate of drug-likeness (QED) is 0.133. The molecule has 9 nitrogen and oxygen atoms in total. The number of unbranched alkanes of at least 4 members (excludes halogenated alkanes) is 2. The van der Waals surface area contributed by atoms with E-state index in [4.69, 9.17) is 15.2 Å². The van der Waals surface area contributed by atoms with E-state index in [1.54, 1.807) is 6.08 Å². The van der Waals surface area contributed by atoms with Crippen LogP contribution < -0.4 is 11.1 Å². The summed E-state index contributed by atoms with van der Waals surface area (Å²) in [5.41, 5.74) is 3.31. The number of hydrogen-bond donors (Lipinski definition) is 6. The molecule has 0 aromatic carbocycles. The van der Waals surface area contributed by atoms with Gasteiger partial charge in [0.1, 0.15) is 12.3 Å². The second-order valence-electron chi connectivity index (χ2n) is 20.6. The number of piperidine rings is 1. The first-order chi connectivity index (χ1) is 26.2. The zero-order valence-corrected chi connectivity index (χ0v) is 35.1. The first-order valence-electron chi connectivity index (χ1n) is 23.1. The molecule has 5 aliphatic carbocycles. The van der Waals surface area contributed by atoms with Crippen LogP contribution >= 0.6 is 0 Å². The first kappa shape index (κ1) is 42.2. The summed E-state index contributed by atoms with van der Waals surface area (Å²) in [4.78, 5) is 14.4. The number of aliphatic hydroxyl groups is 4. The van der Waals surface area contributed by atoms with Crippen LogP contribution in [-0.2, 0) is 14.3 Å². The monoisotopic (exact) mass is 772 g/mol. The van der Waals surface area contributed by atoms with Crippen LogP contribution in [0.3, 0.4) is 0 Å². The molecule has 2 heterocycles. The zero-order chi connectivity index (χ0) is 39.3. The van der Waals surface area contributed by atoms with Crippen LogP contribution in [0, 0.1) is 52.3 Å². The van der Waals surface area contributed by atoms with Gasteiger partial charge in [-0.25, -0.2) is 0 Å². The minimum absolute atomic E-state index is 0.00710. The van der Waals surface area contributed by atoms with Crippen LogP contribution in [0.4, 0.5) is 0 Å². The van der Waals surface area contributed by atoms with Crippen LogP contribution in [0.5, 0.6) is 0 Å². The Morgan fingerprint density at radius 1 is 0.982 bits per heavy atom. The lowest BCUT2D eigenvalue weighted by molar-refractivity contribution is -0.703. The Morgan fingerprint density at radius 3 is 2.47 bits per heavy atom. The summed E-state index contributed by atoms with van der Waals surface area (Å²) in [6.45, 7) is 12.5. The molecule has 4 saturated carbocycles. The van der Waals surface area contributed by atoms with Gasteiger partial charge in [0, 0.05) is 30.3 Å². The maximum Gasteiger partial charge on any atom is 0.159 e. The summed E-state index contributed by atoms with van der Waals surface area (Å²) in [6, 6.07) is 0. The zero-order valence-electron chi connectivity index (χ0n) is 35.1. The van der Waals surface area contributed by atoms with Gasteiger partial charge in [0.15, 0.2) is 5.78 Å². The molecule has 7 rings (SSSR count). The number of ketones is 1. The fourth-order valence-electron chi connectivity index (χ4n) is 14.4. The highest BCUT2D eigenvalue weighted by atomic mass is 16.6. The fourth-order valence-corrected chi connectivity index (χ4v) is 14.4. The fraction of sp³-hybridized carbons (Fsp3) is 0.935. The van der Waals surface area contributed by atoms with E-state index < -0.39 is 40.3 Å². The first-order valence-corrected chi connectivity index (χ1v) is 23.1. The Balaban J connectivity index is 1.17. The SMILES string of the molecule is CCCCCO[C@H]([C@H]1O[C@@H]2CC[C@@H](CCC)CC[C@@H]2[C@@H]1C)[C@](C)(O)[C@@H]1CC[C@]2(O)C3=CC(=O)[C@H]4C[C@@H](O)[C@@H](O)C[C@]4(CCC4CCC(N)[NH2+]C4)[C@@H]3CC[C@]12C. The van der Waals surface area contributed by atoms with Gasteiger partial charge in [0.25, 0.3) is 0 Å². The highest BCUT2D eigenvalue weighted by molar-refractivity contribution is 5.95. The van der Waals surface area contributed by atoms with E-state index in [1.165, 1.54) is 32.1 Å². The Kier molecular flexibility index (Phi) is 12.8. The third-order valence-electron chi connectivity index (χ3n) is 17.6. The predicted molar refractivity (Wildman–Crippen MR) is 214 cm³/mol. The average molecular weight is 772 g/mol. The van der Waals surface area contributed by atoms with Gasteiger partial charge in [-0.3, -0.25) is 10.5 Å². The maximum absolute atomic E-state index is 14.4. The van der Waals surface area contributed by atoms with Gasteiger partial charge >= 0.3 is 0 Å². The number of allylic oxidation sites excluding steroid dienone is 1. The molecule has 17 atom stereocenters. The molecule has 2 unspecified atom stereocenters. The van der Waals surface area contributed by atoms with Crippen molar-refractivity contribution in [3.05, 3.63) is 11.6 Å². The standard InChI is InChI=1S/C46H78N2O7/c1-6-8-9-23-54-42(41-28(3)31-14-11-29(10-7-2)12-15-38(31)55-41)44(5,52)39-19-22-46(53)33-24-35(49)34-25-36(50)37(51)26-45(34,32(33)18-20-43(39,46)4)21-17-30-13-16-40(47)48-27-30/h24,28-32,34,36-42,48,50-53H,6-23,25-27,47H2,1-5H3/p+1/t28-,29-,30?,31+,32+,34+,36+,37-,38+,39+,40?,41-,42+,43+,44+,45+,46-/m0/s1. The molecule has 6 fully saturated rings. The van der Waals surface area contributed by atoms with Gasteiger partial charge < -0.3 is 35.2 Å². The number of rotatable bonds is 13. The lowest BCUT2D eigenvalue weighted by atomic mass is 9.44. The van der Waals surface area contributed by atoms with Gasteiger partial charge in [-0.1, -0.05) is 59.8 Å². The van der Waals surface area contributed by atoms with Crippen LogP contribution in [0.2, 0.25) is 0 Å². The second kappa shape index (κ2) is 16.6. The van der Waals surface area contributed by atoms with Gasteiger partial charge in [-0.15, -0.1) is 0 Å². The van der Waals surface area contributed by atoms with Gasteiger partial charge in [0.05, 0.1) is 42.2 Å². The number of carbonyl (C=O) groups is 1. The smallest absolute Gasteiger partial charge is 0.159 e. The van der Waals surface area contributed by atoms with E-state index in [0.717, 1.165) is 75.8 Å². The van der Waals surface area contributed by atoms with Crippen LogP contribution in [0.1, 0.15) is 157 Å². The molecule has 7 aliphatic rings. The Hall–Kier alpha value is -0.910. The van der Waals surface area contributed by atoms with E-state index in [-0.39, 0.29) is 54.2 Å². The normalized spacial score (nSPS) is 47.5. The largest absolute Gasteiger partial charge is 0.390 e. The van der Waals surface area contributed by atoms with E-state index in [1.807, 2.05) is 6.92 Å². The molecule has 2 aliphatic heterocycles. The Labute approximate surface area is 332 Å². The van der Waals surface area contributed by atoms with Crippen molar-refractivity contribution in [1.29, 1.82) is 0 Å². The number of ether oxygens (including phenoxy) is 2. The van der Waals surface area contributed by atoms with E-state index >= 15 is 0 Å². The number of nitrogens with two attached hydrogens (primary N) is 2. The molecule has 0 aromatic rings. The average Bonchev–Trinajstić information content (AvgIpc) is 3.52. The van der Waals surface area contributed by atoms with Gasteiger partial charge in [0.2, 0.25) is 0 Å². The predicted octanol–water partition coefficient (Wildman–Crippen LogP) is 5.55. The van der Waals surface area contributed by atoms with Crippen molar-refractivity contribution in [2.75, 3.05) is 13.2 Å². The molecule has 0 spiro atoms. The minimum atomic E-state index is -1.27. The van der Waals surface area contributed by atoms with Crippen molar-refractivity contribution in [2.24, 2.45) is 58.0 Å². The highest BCUT2D eigenvalue weighted by Crippen LogP contribution is 2.70. The molecular weight excluding hydrogens is 693 g/mol. The van der Waals surface area contributed by atoms with Crippen LogP contribution in [0.25, 0.3) is 0 Å². The third-order valence-corrected chi connectivity index (χ3v) is 17.6. The number of quaternary nitrogens is 1. The molecule has 8 N–H and O–H groups in total. The van der Waals surface area contributed by atoms with Gasteiger partial charge in [-0.2, -0.15) is 0 Å². The topological polar surface area (TPSA) is 159 Å². The van der Waals surface area contributed by atoms with Crippen molar-refractivity contribution in [2.45, 2.75) is 205 Å². The van der Waals surface area contributed by atoms with Crippen molar-refractivity contribution in [3.8, 4) is 0 Å². The Bertz CT molecular complexity index is 1370. The third kappa shape index (κ3) is 7.48. The molecule has 0 radical (unpaired) electrons. The van der Waals surface area contributed by atoms with Crippen LogP contribution in [0.15, 0.2) is 11.6 Å². The molecule has 0 amide bonds. The Morgan fingerprint density at radius 2 is 1.75 bits per heavy atom. The van der Waals surface area contributed by atoms with Crippen molar-refractivity contribution < 1.29 is 40.0 Å². The summed E-state index contributed by atoms with van der Waals surface area (Å²) >= 11 is 0. The summed E-state index contributed by atoms with van der Waals surface area (Å²) in [5, 5.41) is 50.8. The molecule has 55 heavy (non-hydrogen) atoms. The highest BCUT2D eigenvalue weighted by Gasteiger charge is 2.70. The van der Waals surface area contributed by atoms with Gasteiger partial charge in [-0.05, 0) is 137 Å². The maximum atomic E-state index is 14.4. The lowest BCUT2D eigenvalue weighted by Crippen LogP contribution is -2.95. The van der Waals surface area contributed by atoms with E-state index in [2.05, 4.69) is 33.0 Å². The molecule has 0 bridgehead atoms. The summed E-state index contributed by atoms with van der Waals surface area (Å²) in [5.74, 6) is 1.30. The number of carbonyl (C=O) groups excluding carboxylic acids is 1. The number of aliphatic hydroxyl groups excluding tert-OH is 2. The molecule has 0 aromatic heterocycles. The lowest BCUT2D eigenvalue weighted by Gasteiger charge is -2.62. The summed E-state index contributed by atoms with van der Waals surface area (Å²) < 4.78 is 13.9. The summed E-state index contributed by atoms with van der Waals surface area (Å²) in [6.07, 6.45) is 17.0. The van der Waals surface area contributed by atoms with Crippen molar-refractivity contribution in [1.82, 2.24) is 0 Å².